The van der Waals surface area contributed by atoms with Gasteiger partial charge in [0.15, 0.2) is 0 Å². The molecule has 0 aromatic rings. The van der Waals surface area contributed by atoms with Gasteiger partial charge in [-0.15, -0.1) is 0 Å². The van der Waals surface area contributed by atoms with Gasteiger partial charge in [0.05, 0.1) is 0 Å². The van der Waals surface area contributed by atoms with Crippen LogP contribution in [-0.2, 0) is 10.4 Å². The number of hydrogen-bond acceptors (Lipinski definition) is 4. The summed E-state index contributed by atoms with van der Waals surface area (Å²) >= 11 is 0. The predicted molar refractivity (Wildman–Crippen MR) is 24.8 cm³/mol. The maximum absolute atomic E-state index is 8.52. The zero-order valence-corrected chi connectivity index (χ0v) is 4.98. The molecule has 0 saturated heterocycles. The van der Waals surface area contributed by atoms with Crippen LogP contribution in [0.2, 0.25) is 0 Å². The van der Waals surface area contributed by atoms with Crippen molar-refractivity contribution in [2.75, 3.05) is 0 Å². The summed E-state index contributed by atoms with van der Waals surface area (Å²) < 4.78 is 34.1. The SMILES string of the molecule is O=S(=O)([O-])[O-].[CaH2].[Mg+2]. The van der Waals surface area contributed by atoms with E-state index in [0.29, 0.717) is 0 Å². The van der Waals surface area contributed by atoms with E-state index in [-0.39, 0.29) is 60.8 Å². The standard InChI is InChI=1S/Ca.Mg.H2O4S.2H/c;;1-5(2,3)4;;/h;;(H2,1,2,3,4);;/q;+2;;;/p-2. The van der Waals surface area contributed by atoms with Gasteiger partial charge in [0, 0.05) is 10.4 Å². The molecule has 0 N–H and O–H groups in total. The second-order valence-electron chi connectivity index (χ2n) is 0.408. The summed E-state index contributed by atoms with van der Waals surface area (Å²) in [6.45, 7) is 0. The molecule has 0 bridgehead atoms. The third-order valence-corrected chi connectivity index (χ3v) is 0. The van der Waals surface area contributed by atoms with E-state index in [1.165, 1.54) is 0 Å². The van der Waals surface area contributed by atoms with Gasteiger partial charge in [-0.25, -0.2) is 0 Å². The minimum atomic E-state index is -5.17. The van der Waals surface area contributed by atoms with E-state index >= 15 is 0 Å². The van der Waals surface area contributed by atoms with E-state index < -0.39 is 10.4 Å². The van der Waals surface area contributed by atoms with Crippen LogP contribution in [0, 0.1) is 0 Å². The van der Waals surface area contributed by atoms with Crippen molar-refractivity contribution in [1.82, 2.24) is 0 Å². The van der Waals surface area contributed by atoms with Crippen molar-refractivity contribution < 1.29 is 17.5 Å². The molecule has 0 aromatic heterocycles. The molecule has 36 valence electrons. The van der Waals surface area contributed by atoms with E-state index in [4.69, 9.17) is 17.5 Å². The molecule has 0 atom stereocenters. The molecule has 0 aliphatic carbocycles. The van der Waals surface area contributed by atoms with Crippen LogP contribution in [0.3, 0.4) is 0 Å². The Morgan fingerprint density at radius 1 is 1.14 bits per heavy atom. The average molecular weight is 162 g/mol. The molecule has 0 aromatic carbocycles. The Kier molecular flexibility index (Phi) is 13.7. The molecule has 4 nitrogen and oxygen atoms in total. The van der Waals surface area contributed by atoms with E-state index in [1.807, 2.05) is 0 Å². The second-order valence-corrected chi connectivity index (χ2v) is 1.22. The van der Waals surface area contributed by atoms with Crippen LogP contribution in [0.1, 0.15) is 0 Å². The fourth-order valence-corrected chi connectivity index (χ4v) is 0. The summed E-state index contributed by atoms with van der Waals surface area (Å²) in [5.41, 5.74) is 0. The van der Waals surface area contributed by atoms with Gasteiger partial charge in [0.2, 0.25) is 0 Å². The van der Waals surface area contributed by atoms with Gasteiger partial charge in [-0.3, -0.25) is 8.42 Å². The van der Waals surface area contributed by atoms with Gasteiger partial charge in [-0.2, -0.15) is 0 Å². The van der Waals surface area contributed by atoms with Gasteiger partial charge in [-0.1, -0.05) is 0 Å². The van der Waals surface area contributed by atoms with Crippen molar-refractivity contribution in [3.05, 3.63) is 0 Å². The van der Waals surface area contributed by atoms with Gasteiger partial charge in [-0.05, 0) is 0 Å². The van der Waals surface area contributed by atoms with Crippen LogP contribution in [0.15, 0.2) is 0 Å². The Labute approximate surface area is 87.4 Å². The molecule has 7 heavy (non-hydrogen) atoms. The first-order chi connectivity index (χ1) is 2.00. The largest absolute Gasteiger partial charge is 2.00 e. The van der Waals surface area contributed by atoms with Gasteiger partial charge in [0.1, 0.15) is 0 Å². The summed E-state index contributed by atoms with van der Waals surface area (Å²) in [7, 11) is -5.17. The topological polar surface area (TPSA) is 80.3 Å². The monoisotopic (exact) mass is 162 g/mol. The molecular formula is H2CaMgO4S. The first-order valence-corrected chi connectivity index (χ1v) is 2.00. The summed E-state index contributed by atoms with van der Waals surface area (Å²) in [4.78, 5) is 0. The fourth-order valence-electron chi connectivity index (χ4n) is 0. The first kappa shape index (κ1) is 16.0. The van der Waals surface area contributed by atoms with Crippen LogP contribution in [0.25, 0.3) is 0 Å². The Bertz CT molecular complexity index is 94.9. The normalized spacial score (nSPS) is 8.29. The van der Waals surface area contributed by atoms with Crippen molar-refractivity contribution in [3.63, 3.8) is 0 Å². The molecule has 7 heteroatoms. The minimum Gasteiger partial charge on any atom is 2.00 e. The van der Waals surface area contributed by atoms with E-state index in [2.05, 4.69) is 0 Å². The van der Waals surface area contributed by atoms with Gasteiger partial charge in [0.25, 0.3) is 0 Å². The summed E-state index contributed by atoms with van der Waals surface area (Å²) in [5, 5.41) is 0. The molecule has 0 rings (SSSR count). The summed E-state index contributed by atoms with van der Waals surface area (Å²) in [6, 6.07) is 0. The molecule has 0 saturated carbocycles. The molecule has 0 radical (unpaired) electrons. The zero-order valence-electron chi connectivity index (χ0n) is 2.75. The number of rotatable bonds is 0. The number of hydrogen-bond donors (Lipinski definition) is 0. The predicted octanol–water partition coefficient (Wildman–Crippen LogP) is -2.63. The van der Waals surface area contributed by atoms with Crippen molar-refractivity contribution in [2.45, 2.75) is 0 Å². The van der Waals surface area contributed by atoms with Crippen molar-refractivity contribution in [2.24, 2.45) is 0 Å². The molecule has 0 heterocycles. The Morgan fingerprint density at radius 2 is 1.14 bits per heavy atom. The fraction of sp³-hybridized carbons (Fsp3) is 0. The van der Waals surface area contributed by atoms with E-state index in [1.54, 1.807) is 0 Å². The average Bonchev–Trinajstić information content (AvgIpc) is 0.722. The maximum atomic E-state index is 8.52. The van der Waals surface area contributed by atoms with Gasteiger partial charge >= 0.3 is 60.8 Å². The van der Waals surface area contributed by atoms with Crippen LogP contribution < -0.4 is 0 Å². The van der Waals surface area contributed by atoms with E-state index in [9.17, 15) is 0 Å². The quantitative estimate of drug-likeness (QED) is 0.222. The van der Waals surface area contributed by atoms with Gasteiger partial charge < -0.3 is 9.11 Å². The van der Waals surface area contributed by atoms with E-state index in [0.717, 1.165) is 0 Å². The summed E-state index contributed by atoms with van der Waals surface area (Å²) in [6.07, 6.45) is 0. The molecule has 0 unspecified atom stereocenters. The third-order valence-electron chi connectivity index (χ3n) is 0. The second kappa shape index (κ2) is 6.02. The molecule has 0 amide bonds. The van der Waals surface area contributed by atoms with Crippen LogP contribution >= 0.6 is 0 Å². The van der Waals surface area contributed by atoms with Crippen LogP contribution in [-0.4, -0.2) is 78.3 Å². The Morgan fingerprint density at radius 3 is 1.14 bits per heavy atom. The van der Waals surface area contributed by atoms with Crippen LogP contribution in [0.4, 0.5) is 0 Å². The van der Waals surface area contributed by atoms with Crippen molar-refractivity contribution in [1.29, 1.82) is 0 Å². The molecule has 0 fully saturated rings. The molecule has 0 spiro atoms. The third kappa shape index (κ3) is 76.4. The van der Waals surface area contributed by atoms with Crippen molar-refractivity contribution >= 4 is 71.2 Å². The molecular weight excluding hydrogens is 160 g/mol. The Balaban J connectivity index is -0.0000000800. The first-order valence-electron chi connectivity index (χ1n) is 0.667. The minimum absolute atomic E-state index is 0. The smallest absolute Gasteiger partial charge is 2.00 e. The van der Waals surface area contributed by atoms with Crippen molar-refractivity contribution in [3.8, 4) is 0 Å². The Hall–Kier alpha value is 1.90. The summed E-state index contributed by atoms with van der Waals surface area (Å²) in [5.74, 6) is 0. The maximum Gasteiger partial charge on any atom is 2.00 e. The molecule has 0 aliphatic rings. The zero-order chi connectivity index (χ0) is 4.50. The molecule has 0 aliphatic heterocycles. The van der Waals surface area contributed by atoms with Crippen LogP contribution in [0.5, 0.6) is 0 Å².